The van der Waals surface area contributed by atoms with Gasteiger partial charge in [-0.25, -0.2) is 8.42 Å². The van der Waals surface area contributed by atoms with Crippen molar-refractivity contribution >= 4 is 15.7 Å². The maximum absolute atomic E-state index is 13.0. The smallest absolute Gasteiger partial charge is 0.253 e. The summed E-state index contributed by atoms with van der Waals surface area (Å²) in [7, 11) is -3.53. The number of aromatic nitrogens is 1. The molecule has 1 saturated heterocycles. The molecule has 2 heterocycles. The lowest BCUT2D eigenvalue weighted by Crippen LogP contribution is -2.42. The van der Waals surface area contributed by atoms with Crippen LogP contribution in [-0.4, -0.2) is 42.7 Å². The van der Waals surface area contributed by atoms with Gasteiger partial charge in [0.2, 0.25) is 0 Å². The van der Waals surface area contributed by atoms with E-state index < -0.39 is 15.2 Å². The molecule has 148 valence electrons. The van der Waals surface area contributed by atoms with Crippen molar-refractivity contribution in [3.8, 4) is 0 Å². The molecule has 1 amide bonds. The summed E-state index contributed by atoms with van der Waals surface area (Å²) in [6, 6.07) is 10.0. The number of sulfone groups is 1. The first kappa shape index (κ1) is 20.2. The Hall–Kier alpha value is -2.51. The molecule has 6 nitrogen and oxygen atoms in total. The summed E-state index contributed by atoms with van der Waals surface area (Å²) in [6.07, 6.45) is 7.78. The van der Waals surface area contributed by atoms with Crippen molar-refractivity contribution in [3.63, 3.8) is 0 Å². The molecule has 0 spiro atoms. The number of benzene rings is 1. The Labute approximate surface area is 166 Å². The van der Waals surface area contributed by atoms with Crippen LogP contribution in [0, 0.1) is 0 Å². The Morgan fingerprint density at radius 2 is 1.89 bits per heavy atom. The zero-order valence-corrected chi connectivity index (χ0v) is 16.6. The molecule has 0 radical (unpaired) electrons. The summed E-state index contributed by atoms with van der Waals surface area (Å²) < 4.78 is 26.1. The van der Waals surface area contributed by atoms with Gasteiger partial charge in [0.05, 0.1) is 10.5 Å². The molecule has 28 heavy (non-hydrogen) atoms. The number of hydrogen-bond acceptors (Lipinski definition) is 5. The predicted octanol–water partition coefficient (Wildman–Crippen LogP) is 2.78. The second-order valence-electron chi connectivity index (χ2n) is 6.84. The van der Waals surface area contributed by atoms with Crippen molar-refractivity contribution in [2.45, 2.75) is 36.1 Å². The number of nitrogens with zero attached hydrogens (tertiary/aromatic N) is 2. The molecular formula is C21H25N3O3S. The van der Waals surface area contributed by atoms with Gasteiger partial charge in [-0.2, -0.15) is 0 Å². The van der Waals surface area contributed by atoms with Crippen LogP contribution >= 0.6 is 0 Å². The van der Waals surface area contributed by atoms with Crippen LogP contribution in [-0.2, 0) is 16.4 Å². The summed E-state index contributed by atoms with van der Waals surface area (Å²) in [5.41, 5.74) is 1.31. The third-order valence-corrected chi connectivity index (χ3v) is 6.95. The van der Waals surface area contributed by atoms with Gasteiger partial charge in [0.15, 0.2) is 9.84 Å². The topological polar surface area (TPSA) is 79.4 Å². The van der Waals surface area contributed by atoms with Crippen molar-refractivity contribution < 1.29 is 13.2 Å². The summed E-state index contributed by atoms with van der Waals surface area (Å²) >= 11 is 0. The highest BCUT2D eigenvalue weighted by Crippen LogP contribution is 2.23. The van der Waals surface area contributed by atoms with Crippen molar-refractivity contribution in [1.29, 1.82) is 0 Å². The first-order valence-electron chi connectivity index (χ1n) is 9.40. The van der Waals surface area contributed by atoms with Gasteiger partial charge in [-0.15, -0.1) is 6.58 Å². The number of amides is 1. The predicted molar refractivity (Wildman–Crippen MR) is 108 cm³/mol. The molecule has 1 atom stereocenters. The van der Waals surface area contributed by atoms with Crippen molar-refractivity contribution in [2.75, 3.05) is 13.1 Å². The molecule has 0 bridgehead atoms. The third-order valence-electron chi connectivity index (χ3n) is 4.90. The van der Waals surface area contributed by atoms with Crippen molar-refractivity contribution in [1.82, 2.24) is 15.2 Å². The molecule has 1 fully saturated rings. The monoisotopic (exact) mass is 399 g/mol. The number of hydrogen-bond donors (Lipinski definition) is 1. The number of carbonyl (C=O) groups excluding carboxylic acids is 1. The first-order chi connectivity index (χ1) is 13.5. The first-order valence-corrected chi connectivity index (χ1v) is 10.9. The standard InChI is InChI=1S/C21H25N3O3S/c1-2-20(24-13-4-3-5-14-24)28(26,27)19-10-8-17(9-11-19)15-23-21(25)18-7-6-12-22-16-18/h2,6-12,16,20H,1,3-5,13-15H2,(H,23,25). The average Bonchev–Trinajstić information content (AvgIpc) is 2.74. The number of pyridine rings is 1. The fourth-order valence-corrected chi connectivity index (χ4v) is 5.01. The molecule has 1 aromatic heterocycles. The van der Waals surface area contributed by atoms with Gasteiger partial charge in [0.25, 0.3) is 5.91 Å². The van der Waals surface area contributed by atoms with E-state index in [4.69, 9.17) is 0 Å². The Bertz CT molecular complexity index is 906. The van der Waals surface area contributed by atoms with E-state index in [1.165, 1.54) is 12.3 Å². The maximum Gasteiger partial charge on any atom is 0.253 e. The van der Waals surface area contributed by atoms with Crippen LogP contribution in [0.15, 0.2) is 66.3 Å². The van der Waals surface area contributed by atoms with E-state index in [9.17, 15) is 13.2 Å². The second kappa shape index (κ2) is 9.12. The average molecular weight is 400 g/mol. The minimum absolute atomic E-state index is 0.221. The molecule has 1 aliphatic heterocycles. The van der Waals surface area contributed by atoms with Crippen LogP contribution in [0.3, 0.4) is 0 Å². The van der Waals surface area contributed by atoms with Crippen molar-refractivity contribution in [3.05, 3.63) is 72.6 Å². The van der Waals surface area contributed by atoms with Gasteiger partial charge >= 0.3 is 0 Å². The zero-order valence-electron chi connectivity index (χ0n) is 15.8. The van der Waals surface area contributed by atoms with E-state index in [0.717, 1.165) is 37.9 Å². The molecule has 3 rings (SSSR count). The summed E-state index contributed by atoms with van der Waals surface area (Å²) in [5.74, 6) is -0.221. The van der Waals surface area contributed by atoms with Gasteiger partial charge < -0.3 is 5.32 Å². The highest BCUT2D eigenvalue weighted by molar-refractivity contribution is 7.92. The molecule has 1 unspecified atom stereocenters. The maximum atomic E-state index is 13.0. The molecule has 2 aromatic rings. The highest BCUT2D eigenvalue weighted by Gasteiger charge is 2.31. The van der Waals surface area contributed by atoms with Crippen LogP contribution in [0.2, 0.25) is 0 Å². The van der Waals surface area contributed by atoms with E-state index in [1.807, 2.05) is 4.90 Å². The zero-order chi connectivity index (χ0) is 20.0. The quantitative estimate of drug-likeness (QED) is 0.724. The normalized spacial score (nSPS) is 16.3. The molecule has 1 aromatic carbocycles. The van der Waals surface area contributed by atoms with Gasteiger partial charge in [-0.05, 0) is 55.8 Å². The Kier molecular flexibility index (Phi) is 6.59. The fraction of sp³-hybridized carbons (Fsp3) is 0.333. The second-order valence-corrected chi connectivity index (χ2v) is 8.88. The molecule has 1 aliphatic rings. The van der Waals surface area contributed by atoms with E-state index in [2.05, 4.69) is 16.9 Å². The molecule has 0 aliphatic carbocycles. The lowest BCUT2D eigenvalue weighted by molar-refractivity contribution is 0.0950. The van der Waals surface area contributed by atoms with E-state index in [0.29, 0.717) is 12.1 Å². The molecule has 0 saturated carbocycles. The van der Waals surface area contributed by atoms with Crippen LogP contribution in [0.1, 0.15) is 35.2 Å². The van der Waals surface area contributed by atoms with E-state index in [-0.39, 0.29) is 10.8 Å². The fourth-order valence-electron chi connectivity index (χ4n) is 3.36. The van der Waals surface area contributed by atoms with Gasteiger partial charge in [-0.3, -0.25) is 14.7 Å². The van der Waals surface area contributed by atoms with Crippen LogP contribution < -0.4 is 5.32 Å². The van der Waals surface area contributed by atoms with Crippen LogP contribution in [0.25, 0.3) is 0 Å². The SMILES string of the molecule is C=CC(N1CCCCC1)S(=O)(=O)c1ccc(CNC(=O)c2cccnc2)cc1. The van der Waals surface area contributed by atoms with Gasteiger partial charge in [-0.1, -0.05) is 24.6 Å². The number of carbonyl (C=O) groups is 1. The van der Waals surface area contributed by atoms with Crippen molar-refractivity contribution in [2.24, 2.45) is 0 Å². The Morgan fingerprint density at radius 3 is 2.50 bits per heavy atom. The van der Waals surface area contributed by atoms with Crippen LogP contribution in [0.4, 0.5) is 0 Å². The Balaban J connectivity index is 1.67. The minimum Gasteiger partial charge on any atom is -0.348 e. The number of nitrogens with one attached hydrogen (secondary N) is 1. The van der Waals surface area contributed by atoms with Gasteiger partial charge in [0, 0.05) is 18.9 Å². The molecular weight excluding hydrogens is 374 g/mol. The lowest BCUT2D eigenvalue weighted by Gasteiger charge is -2.32. The third kappa shape index (κ3) is 4.66. The largest absolute Gasteiger partial charge is 0.348 e. The minimum atomic E-state index is -3.53. The number of likely N-dealkylation sites (tertiary alicyclic amines) is 1. The van der Waals surface area contributed by atoms with Crippen LogP contribution in [0.5, 0.6) is 0 Å². The number of piperidine rings is 1. The lowest BCUT2D eigenvalue weighted by atomic mass is 10.1. The summed E-state index contributed by atoms with van der Waals surface area (Å²) in [4.78, 5) is 18.3. The molecule has 1 N–H and O–H groups in total. The van der Waals surface area contributed by atoms with E-state index >= 15 is 0 Å². The summed E-state index contributed by atoms with van der Waals surface area (Å²) in [5, 5.41) is 2.10. The number of rotatable bonds is 7. The van der Waals surface area contributed by atoms with Gasteiger partial charge in [0.1, 0.15) is 5.37 Å². The Morgan fingerprint density at radius 1 is 1.18 bits per heavy atom. The highest BCUT2D eigenvalue weighted by atomic mass is 32.2. The summed E-state index contributed by atoms with van der Waals surface area (Å²) in [6.45, 7) is 5.60. The van der Waals surface area contributed by atoms with E-state index in [1.54, 1.807) is 42.6 Å². The molecule has 7 heteroatoms.